The van der Waals surface area contributed by atoms with Gasteiger partial charge in [-0.05, 0) is 45.3 Å². The lowest BCUT2D eigenvalue weighted by Crippen LogP contribution is -2.44. The van der Waals surface area contributed by atoms with E-state index in [1.807, 2.05) is 7.05 Å². The SMILES string of the molecule is CNCC1CCN(CC(=O)NC(=O)NC2CC2)C1. The van der Waals surface area contributed by atoms with Crippen LogP contribution in [-0.4, -0.2) is 56.1 Å². The minimum Gasteiger partial charge on any atom is -0.335 e. The molecular formula is C12H22N4O2. The van der Waals surface area contributed by atoms with Crippen LogP contribution >= 0.6 is 0 Å². The Bertz CT molecular complexity index is 317. The van der Waals surface area contributed by atoms with Crippen LogP contribution in [0.3, 0.4) is 0 Å². The van der Waals surface area contributed by atoms with Crippen molar-refractivity contribution in [2.24, 2.45) is 5.92 Å². The van der Waals surface area contributed by atoms with Crippen LogP contribution in [0.5, 0.6) is 0 Å². The first-order valence-corrected chi connectivity index (χ1v) is 6.64. The van der Waals surface area contributed by atoms with E-state index in [1.54, 1.807) is 0 Å². The summed E-state index contributed by atoms with van der Waals surface area (Å²) in [5.41, 5.74) is 0. The van der Waals surface area contributed by atoms with Gasteiger partial charge in [0.15, 0.2) is 0 Å². The van der Waals surface area contributed by atoms with Crippen molar-refractivity contribution in [2.75, 3.05) is 33.2 Å². The van der Waals surface area contributed by atoms with Crippen LogP contribution in [0.4, 0.5) is 4.79 Å². The van der Waals surface area contributed by atoms with E-state index in [1.165, 1.54) is 0 Å². The third-order valence-electron chi connectivity index (χ3n) is 3.40. The Labute approximate surface area is 107 Å². The number of carbonyl (C=O) groups excluding carboxylic acids is 2. The van der Waals surface area contributed by atoms with Crippen LogP contribution in [0.25, 0.3) is 0 Å². The zero-order valence-electron chi connectivity index (χ0n) is 10.9. The number of nitrogens with one attached hydrogen (secondary N) is 3. The van der Waals surface area contributed by atoms with E-state index >= 15 is 0 Å². The maximum absolute atomic E-state index is 11.6. The molecule has 6 heteroatoms. The average molecular weight is 254 g/mol. The van der Waals surface area contributed by atoms with Gasteiger partial charge in [-0.25, -0.2) is 4.79 Å². The second kappa shape index (κ2) is 6.15. The van der Waals surface area contributed by atoms with Gasteiger partial charge in [0, 0.05) is 12.6 Å². The van der Waals surface area contributed by atoms with Crippen molar-refractivity contribution in [3.63, 3.8) is 0 Å². The fourth-order valence-corrected chi connectivity index (χ4v) is 2.33. The van der Waals surface area contributed by atoms with E-state index in [0.717, 1.165) is 38.9 Å². The van der Waals surface area contributed by atoms with Crippen LogP contribution in [0.1, 0.15) is 19.3 Å². The second-order valence-electron chi connectivity index (χ2n) is 5.24. The molecule has 0 aromatic rings. The number of carbonyl (C=O) groups is 2. The van der Waals surface area contributed by atoms with E-state index in [9.17, 15) is 9.59 Å². The van der Waals surface area contributed by atoms with Gasteiger partial charge in [-0.3, -0.25) is 15.0 Å². The van der Waals surface area contributed by atoms with E-state index in [2.05, 4.69) is 20.9 Å². The number of amides is 3. The highest BCUT2D eigenvalue weighted by Gasteiger charge is 2.26. The second-order valence-corrected chi connectivity index (χ2v) is 5.24. The van der Waals surface area contributed by atoms with E-state index < -0.39 is 0 Å². The summed E-state index contributed by atoms with van der Waals surface area (Å²) in [6, 6.07) is -0.0712. The van der Waals surface area contributed by atoms with E-state index in [-0.39, 0.29) is 18.0 Å². The van der Waals surface area contributed by atoms with Crippen LogP contribution < -0.4 is 16.0 Å². The number of imide groups is 1. The molecule has 1 aliphatic carbocycles. The number of likely N-dealkylation sites (tertiary alicyclic amines) is 1. The summed E-state index contributed by atoms with van der Waals surface area (Å²) in [6.45, 7) is 3.17. The predicted octanol–water partition coefficient (Wildman–Crippen LogP) is -0.484. The lowest BCUT2D eigenvalue weighted by atomic mass is 10.1. The molecule has 0 aromatic heterocycles. The molecule has 1 atom stereocenters. The molecule has 1 heterocycles. The Balaban J connectivity index is 1.63. The first-order valence-electron chi connectivity index (χ1n) is 6.64. The number of nitrogens with zero attached hydrogens (tertiary/aromatic N) is 1. The Morgan fingerprint density at radius 1 is 1.28 bits per heavy atom. The van der Waals surface area contributed by atoms with Crippen molar-refractivity contribution in [3.05, 3.63) is 0 Å². The fourth-order valence-electron chi connectivity index (χ4n) is 2.33. The third-order valence-corrected chi connectivity index (χ3v) is 3.40. The highest BCUT2D eigenvalue weighted by molar-refractivity contribution is 5.95. The van der Waals surface area contributed by atoms with Gasteiger partial charge >= 0.3 is 6.03 Å². The summed E-state index contributed by atoms with van der Waals surface area (Å²) in [5, 5.41) is 8.27. The number of rotatable bonds is 5. The first-order chi connectivity index (χ1) is 8.67. The summed E-state index contributed by atoms with van der Waals surface area (Å²) in [6.07, 6.45) is 3.17. The molecule has 2 aliphatic rings. The molecule has 102 valence electrons. The van der Waals surface area contributed by atoms with Crippen LogP contribution in [0.2, 0.25) is 0 Å². The largest absolute Gasteiger partial charge is 0.335 e. The molecule has 3 amide bonds. The zero-order chi connectivity index (χ0) is 13.0. The molecule has 1 aliphatic heterocycles. The quantitative estimate of drug-likeness (QED) is 0.619. The maximum atomic E-state index is 11.6. The van der Waals surface area contributed by atoms with Gasteiger partial charge in [-0.15, -0.1) is 0 Å². The Morgan fingerprint density at radius 3 is 2.72 bits per heavy atom. The summed E-state index contributed by atoms with van der Waals surface area (Å²) in [7, 11) is 1.94. The standard InChI is InChI=1S/C12H22N4O2/c1-13-6-9-4-5-16(7-9)8-11(17)15-12(18)14-10-2-3-10/h9-10,13H,2-8H2,1H3,(H2,14,15,17,18). The van der Waals surface area contributed by atoms with Crippen molar-refractivity contribution in [1.82, 2.24) is 20.9 Å². The molecule has 2 rings (SSSR count). The van der Waals surface area contributed by atoms with Gasteiger partial charge in [0.25, 0.3) is 0 Å². The smallest absolute Gasteiger partial charge is 0.321 e. The molecule has 18 heavy (non-hydrogen) atoms. The molecule has 1 unspecified atom stereocenters. The molecule has 0 radical (unpaired) electrons. The van der Waals surface area contributed by atoms with Crippen molar-refractivity contribution in [1.29, 1.82) is 0 Å². The van der Waals surface area contributed by atoms with Gasteiger partial charge in [0.2, 0.25) is 5.91 Å². The van der Waals surface area contributed by atoms with Crippen molar-refractivity contribution < 1.29 is 9.59 Å². The molecule has 1 saturated carbocycles. The monoisotopic (exact) mass is 254 g/mol. The maximum Gasteiger partial charge on any atom is 0.321 e. The highest BCUT2D eigenvalue weighted by atomic mass is 16.2. The molecular weight excluding hydrogens is 232 g/mol. The van der Waals surface area contributed by atoms with E-state index in [4.69, 9.17) is 0 Å². The van der Waals surface area contributed by atoms with Gasteiger partial charge in [0.05, 0.1) is 6.54 Å². The highest BCUT2D eigenvalue weighted by Crippen LogP contribution is 2.18. The molecule has 2 fully saturated rings. The molecule has 6 nitrogen and oxygen atoms in total. The Morgan fingerprint density at radius 2 is 2.06 bits per heavy atom. The van der Waals surface area contributed by atoms with Crippen LogP contribution in [0.15, 0.2) is 0 Å². The Hall–Kier alpha value is -1.14. The van der Waals surface area contributed by atoms with Crippen LogP contribution in [0, 0.1) is 5.92 Å². The Kier molecular flexibility index (Phi) is 4.54. The minimum atomic E-state index is -0.353. The topological polar surface area (TPSA) is 73.5 Å². The van der Waals surface area contributed by atoms with Gasteiger partial charge in [0.1, 0.15) is 0 Å². The fraction of sp³-hybridized carbons (Fsp3) is 0.833. The number of urea groups is 1. The summed E-state index contributed by atoms with van der Waals surface area (Å²) in [4.78, 5) is 25.1. The van der Waals surface area contributed by atoms with E-state index in [0.29, 0.717) is 12.5 Å². The third kappa shape index (κ3) is 4.27. The van der Waals surface area contributed by atoms with Crippen molar-refractivity contribution >= 4 is 11.9 Å². The lowest BCUT2D eigenvalue weighted by Gasteiger charge is -2.15. The number of hydrogen-bond donors (Lipinski definition) is 3. The molecule has 0 bridgehead atoms. The molecule has 0 spiro atoms. The van der Waals surface area contributed by atoms with Crippen molar-refractivity contribution in [2.45, 2.75) is 25.3 Å². The molecule has 0 aromatic carbocycles. The predicted molar refractivity (Wildman–Crippen MR) is 68.2 cm³/mol. The minimum absolute atomic E-state index is 0.210. The summed E-state index contributed by atoms with van der Waals surface area (Å²) < 4.78 is 0. The van der Waals surface area contributed by atoms with Gasteiger partial charge < -0.3 is 10.6 Å². The van der Waals surface area contributed by atoms with Gasteiger partial charge in [-0.2, -0.15) is 0 Å². The van der Waals surface area contributed by atoms with Crippen LogP contribution in [-0.2, 0) is 4.79 Å². The molecule has 3 N–H and O–H groups in total. The van der Waals surface area contributed by atoms with Gasteiger partial charge in [-0.1, -0.05) is 0 Å². The molecule has 1 saturated heterocycles. The first kappa shape index (κ1) is 13.3. The summed E-state index contributed by atoms with van der Waals surface area (Å²) in [5.74, 6) is 0.404. The lowest BCUT2D eigenvalue weighted by molar-refractivity contribution is -0.120. The normalized spacial score (nSPS) is 23.9. The zero-order valence-corrected chi connectivity index (χ0v) is 10.9. The summed E-state index contributed by atoms with van der Waals surface area (Å²) >= 11 is 0. The van der Waals surface area contributed by atoms with Crippen molar-refractivity contribution in [3.8, 4) is 0 Å². The number of hydrogen-bond acceptors (Lipinski definition) is 4. The average Bonchev–Trinajstić information content (AvgIpc) is 2.99.